The molecule has 0 spiro atoms. The van der Waals surface area contributed by atoms with Crippen molar-refractivity contribution in [2.75, 3.05) is 0 Å². The number of hydrogen-bond donors (Lipinski definition) is 1. The topological polar surface area (TPSA) is 70.4 Å². The Morgan fingerprint density at radius 2 is 1.03 bits per heavy atom. The fourth-order valence-electron chi connectivity index (χ4n) is 8.70. The highest BCUT2D eigenvalue weighted by atomic mass is 15.2. The summed E-state index contributed by atoms with van der Waals surface area (Å²) in [5.41, 5.74) is 12.5. The van der Waals surface area contributed by atoms with Crippen molar-refractivity contribution < 1.29 is 0 Å². The molecule has 6 heteroatoms. The molecule has 2 aromatic heterocycles. The van der Waals surface area contributed by atoms with Crippen LogP contribution in [0.5, 0.6) is 0 Å². The summed E-state index contributed by atoms with van der Waals surface area (Å²) in [7, 11) is 0. The molecule has 8 aromatic carbocycles. The van der Waals surface area contributed by atoms with Gasteiger partial charge in [0.1, 0.15) is 12.0 Å². The largest absolute Gasteiger partial charge is 0.344 e. The highest BCUT2D eigenvalue weighted by Gasteiger charge is 2.26. The third kappa shape index (κ3) is 5.33. The second-order valence-electron chi connectivity index (χ2n) is 14.5. The summed E-state index contributed by atoms with van der Waals surface area (Å²) < 4.78 is 4.77. The van der Waals surface area contributed by atoms with Crippen LogP contribution in [0, 0.1) is 11.3 Å². The zero-order valence-electron chi connectivity index (χ0n) is 31.3. The van der Waals surface area contributed by atoms with Crippen LogP contribution in [-0.4, -0.2) is 20.8 Å². The van der Waals surface area contributed by atoms with Crippen molar-refractivity contribution in [3.05, 3.63) is 216 Å². The standard InChI is InChI=1S/C52H34N6/c53-33-34-29-31-36(32-30-34)51-54-50(35-15-3-1-4-16-35)55-52(56-51)42-21-9-12-26-45(42)58-44-25-11-8-20-41(44)49-39(23-14-28-47(49)58)38-22-13-27-46-48(38)40-19-7-10-24-43(40)57(46)37-17-5-2-6-18-37/h1-32,52H,(H,54,55,56). The van der Waals surface area contributed by atoms with Gasteiger partial charge in [-0.3, -0.25) is 0 Å². The number of nitrogens with one attached hydrogen (secondary N) is 1. The molecule has 0 saturated carbocycles. The number of nitrogens with zero attached hydrogens (tertiary/aromatic N) is 5. The number of aliphatic imine (C=N–C) groups is 2. The van der Waals surface area contributed by atoms with Crippen molar-refractivity contribution in [3.8, 4) is 28.6 Å². The van der Waals surface area contributed by atoms with E-state index in [0.29, 0.717) is 11.4 Å². The second-order valence-corrected chi connectivity index (χ2v) is 14.5. The Morgan fingerprint density at radius 1 is 0.483 bits per heavy atom. The quantitative estimate of drug-likeness (QED) is 0.184. The van der Waals surface area contributed by atoms with Crippen LogP contribution in [0.15, 0.2) is 204 Å². The number of hydrogen-bond acceptors (Lipinski definition) is 4. The van der Waals surface area contributed by atoms with Crippen LogP contribution in [0.1, 0.15) is 28.4 Å². The maximum atomic E-state index is 9.49. The van der Waals surface area contributed by atoms with E-state index in [4.69, 9.17) is 9.98 Å². The van der Waals surface area contributed by atoms with Crippen molar-refractivity contribution in [2.24, 2.45) is 9.98 Å². The summed E-state index contributed by atoms with van der Waals surface area (Å²) in [5, 5.41) is 18.0. The summed E-state index contributed by atoms with van der Waals surface area (Å²) >= 11 is 0. The third-order valence-electron chi connectivity index (χ3n) is 11.2. The molecule has 1 aliphatic rings. The zero-order chi connectivity index (χ0) is 38.6. The van der Waals surface area contributed by atoms with Gasteiger partial charge in [-0.05, 0) is 77.9 Å². The molecule has 58 heavy (non-hydrogen) atoms. The Kier molecular flexibility index (Phi) is 7.83. The van der Waals surface area contributed by atoms with E-state index in [-0.39, 0.29) is 0 Å². The van der Waals surface area contributed by atoms with Gasteiger partial charge >= 0.3 is 0 Å². The van der Waals surface area contributed by atoms with Crippen LogP contribution in [-0.2, 0) is 0 Å². The first-order valence-electron chi connectivity index (χ1n) is 19.4. The fourth-order valence-corrected chi connectivity index (χ4v) is 8.70. The minimum atomic E-state index is -0.452. The smallest absolute Gasteiger partial charge is 0.159 e. The molecule has 272 valence electrons. The Labute approximate surface area is 334 Å². The van der Waals surface area contributed by atoms with E-state index >= 15 is 0 Å². The van der Waals surface area contributed by atoms with Crippen molar-refractivity contribution in [2.45, 2.75) is 6.17 Å². The average Bonchev–Trinajstić information content (AvgIpc) is 3.83. The minimum Gasteiger partial charge on any atom is -0.344 e. The zero-order valence-corrected chi connectivity index (χ0v) is 31.3. The predicted octanol–water partition coefficient (Wildman–Crippen LogP) is 11.9. The van der Waals surface area contributed by atoms with E-state index in [0.717, 1.165) is 44.9 Å². The van der Waals surface area contributed by atoms with E-state index in [2.05, 4.69) is 172 Å². The molecule has 0 saturated heterocycles. The van der Waals surface area contributed by atoms with Gasteiger partial charge in [-0.2, -0.15) is 5.26 Å². The molecular weight excluding hydrogens is 709 g/mol. The predicted molar refractivity (Wildman–Crippen MR) is 237 cm³/mol. The van der Waals surface area contributed by atoms with Gasteiger partial charge in [0, 0.05) is 43.9 Å². The first-order chi connectivity index (χ1) is 28.7. The van der Waals surface area contributed by atoms with Crippen molar-refractivity contribution in [3.63, 3.8) is 0 Å². The maximum Gasteiger partial charge on any atom is 0.159 e. The summed E-state index contributed by atoms with van der Waals surface area (Å²) in [4.78, 5) is 10.3. The molecule has 1 unspecified atom stereocenters. The molecule has 0 fully saturated rings. The normalized spacial score (nSPS) is 14.0. The molecule has 11 rings (SSSR count). The van der Waals surface area contributed by atoms with E-state index < -0.39 is 6.17 Å². The Bertz CT molecular complexity index is 3310. The number of benzene rings is 8. The SMILES string of the molecule is N#Cc1ccc(C2=NC(c3ccccc3-n3c4ccccc4c4c(-c5cccc6c5c5ccccc5n6-c5ccccc5)cccc43)NC(c3ccccc3)=N2)cc1. The molecule has 0 amide bonds. The Morgan fingerprint density at radius 3 is 1.71 bits per heavy atom. The van der Waals surface area contributed by atoms with Crippen molar-refractivity contribution >= 4 is 55.3 Å². The van der Waals surface area contributed by atoms with Crippen LogP contribution in [0.2, 0.25) is 0 Å². The van der Waals surface area contributed by atoms with Gasteiger partial charge in [-0.15, -0.1) is 0 Å². The lowest BCUT2D eigenvalue weighted by Crippen LogP contribution is -2.34. The number of aromatic nitrogens is 2. The molecule has 1 N–H and O–H groups in total. The van der Waals surface area contributed by atoms with Crippen LogP contribution >= 0.6 is 0 Å². The van der Waals surface area contributed by atoms with Gasteiger partial charge in [0.05, 0.1) is 39.4 Å². The lowest BCUT2D eigenvalue weighted by molar-refractivity contribution is 0.670. The van der Waals surface area contributed by atoms with Crippen LogP contribution in [0.4, 0.5) is 0 Å². The molecule has 0 aliphatic carbocycles. The molecule has 0 bridgehead atoms. The van der Waals surface area contributed by atoms with Gasteiger partial charge in [-0.1, -0.05) is 127 Å². The van der Waals surface area contributed by atoms with Crippen LogP contribution < -0.4 is 5.32 Å². The lowest BCUT2D eigenvalue weighted by atomic mass is 9.95. The molecule has 10 aromatic rings. The third-order valence-corrected chi connectivity index (χ3v) is 11.2. The van der Waals surface area contributed by atoms with Crippen LogP contribution in [0.3, 0.4) is 0 Å². The second kappa shape index (κ2) is 13.6. The van der Waals surface area contributed by atoms with Crippen molar-refractivity contribution in [1.82, 2.24) is 14.5 Å². The van der Waals surface area contributed by atoms with Gasteiger partial charge in [-0.25, -0.2) is 9.98 Å². The highest BCUT2D eigenvalue weighted by Crippen LogP contribution is 2.44. The minimum absolute atomic E-state index is 0.452. The molecule has 1 aliphatic heterocycles. The van der Waals surface area contributed by atoms with Gasteiger partial charge in [0.15, 0.2) is 5.84 Å². The first-order valence-corrected chi connectivity index (χ1v) is 19.4. The number of rotatable bonds is 6. The summed E-state index contributed by atoms with van der Waals surface area (Å²) in [6, 6.07) is 69.8. The number of fused-ring (bicyclic) bond motifs is 6. The van der Waals surface area contributed by atoms with Crippen LogP contribution in [0.25, 0.3) is 66.1 Å². The van der Waals surface area contributed by atoms with E-state index in [1.807, 2.05) is 42.5 Å². The molecular formula is C52H34N6. The number of amidine groups is 2. The Balaban J connectivity index is 1.13. The molecule has 6 nitrogen and oxygen atoms in total. The highest BCUT2D eigenvalue weighted by molar-refractivity contribution is 6.22. The fraction of sp³-hybridized carbons (Fsp3) is 0.0192. The van der Waals surface area contributed by atoms with Gasteiger partial charge in [0.2, 0.25) is 0 Å². The first kappa shape index (κ1) is 33.3. The average molecular weight is 743 g/mol. The monoisotopic (exact) mass is 742 g/mol. The van der Waals surface area contributed by atoms with E-state index in [1.165, 1.54) is 43.7 Å². The number of para-hydroxylation sites is 4. The van der Waals surface area contributed by atoms with Gasteiger partial charge < -0.3 is 14.5 Å². The molecule has 3 heterocycles. The van der Waals surface area contributed by atoms with E-state index in [9.17, 15) is 5.26 Å². The summed E-state index contributed by atoms with van der Waals surface area (Å²) in [6.45, 7) is 0. The summed E-state index contributed by atoms with van der Waals surface area (Å²) in [5.74, 6) is 1.34. The maximum absolute atomic E-state index is 9.49. The summed E-state index contributed by atoms with van der Waals surface area (Å²) in [6.07, 6.45) is -0.452. The van der Waals surface area contributed by atoms with E-state index in [1.54, 1.807) is 0 Å². The molecule has 0 radical (unpaired) electrons. The van der Waals surface area contributed by atoms with Crippen molar-refractivity contribution in [1.29, 1.82) is 5.26 Å². The molecule has 1 atom stereocenters. The lowest BCUT2D eigenvalue weighted by Gasteiger charge is -2.26. The number of nitriles is 1. The Hall–Kier alpha value is -8.01. The van der Waals surface area contributed by atoms with Gasteiger partial charge in [0.25, 0.3) is 0 Å².